The molecule has 0 spiro atoms. The Balaban J connectivity index is 2.28. The van der Waals surface area contributed by atoms with Gasteiger partial charge in [-0.25, -0.2) is 9.59 Å². The first kappa shape index (κ1) is 11.0. The lowest BCUT2D eigenvalue weighted by Crippen LogP contribution is -2.38. The van der Waals surface area contributed by atoms with E-state index in [4.69, 9.17) is 10.2 Å². The molecule has 82 valence electrons. The number of H-pyrrole nitrogens is 1. The van der Waals surface area contributed by atoms with E-state index >= 15 is 0 Å². The molecule has 1 unspecified atom stereocenters. The van der Waals surface area contributed by atoms with Crippen molar-refractivity contribution in [2.24, 2.45) is 0 Å². The number of aromatic nitrogens is 2. The maximum absolute atomic E-state index is 11.1. The number of anilines is 1. The highest BCUT2D eigenvalue weighted by molar-refractivity contribution is 5.89. The van der Waals surface area contributed by atoms with Crippen molar-refractivity contribution in [1.82, 2.24) is 15.5 Å². The molecule has 0 aliphatic heterocycles. The number of hydrogen-bond donors (Lipinski definition) is 5. The zero-order valence-corrected chi connectivity index (χ0v) is 7.60. The van der Waals surface area contributed by atoms with Crippen molar-refractivity contribution in [2.45, 2.75) is 6.10 Å². The fourth-order valence-electron chi connectivity index (χ4n) is 0.771. The monoisotopic (exact) mass is 214 g/mol. The molecule has 15 heavy (non-hydrogen) atoms. The van der Waals surface area contributed by atoms with Crippen molar-refractivity contribution in [3.63, 3.8) is 0 Å². The number of carbonyl (C=O) groups is 2. The number of aliphatic hydroxyl groups excluding tert-OH is 1. The van der Waals surface area contributed by atoms with Crippen LogP contribution in [0.4, 0.5) is 10.5 Å². The van der Waals surface area contributed by atoms with Gasteiger partial charge in [0.1, 0.15) is 0 Å². The molecule has 1 heterocycles. The molecular weight excluding hydrogens is 204 g/mol. The van der Waals surface area contributed by atoms with E-state index in [1.807, 2.05) is 0 Å². The first-order chi connectivity index (χ1) is 7.09. The molecule has 1 aromatic rings. The lowest BCUT2D eigenvalue weighted by Gasteiger charge is -2.07. The van der Waals surface area contributed by atoms with Crippen LogP contribution in [0.2, 0.25) is 0 Å². The van der Waals surface area contributed by atoms with Gasteiger partial charge in [-0.15, -0.1) is 0 Å². The van der Waals surface area contributed by atoms with Gasteiger partial charge in [0.05, 0.1) is 18.4 Å². The van der Waals surface area contributed by atoms with Gasteiger partial charge in [0.25, 0.3) is 0 Å². The lowest BCUT2D eigenvalue weighted by molar-refractivity contribution is -0.146. The van der Waals surface area contributed by atoms with Crippen LogP contribution in [0.15, 0.2) is 12.4 Å². The number of urea groups is 1. The predicted octanol–water partition coefficient (Wildman–Crippen LogP) is -1.02. The second kappa shape index (κ2) is 4.96. The van der Waals surface area contributed by atoms with E-state index in [1.54, 1.807) is 0 Å². The molecule has 0 radical (unpaired) electrons. The van der Waals surface area contributed by atoms with Crippen LogP contribution in [0.1, 0.15) is 0 Å². The maximum atomic E-state index is 11.1. The molecule has 0 saturated heterocycles. The van der Waals surface area contributed by atoms with Crippen molar-refractivity contribution in [2.75, 3.05) is 11.9 Å². The van der Waals surface area contributed by atoms with Gasteiger partial charge in [-0.1, -0.05) is 0 Å². The van der Waals surface area contributed by atoms with Gasteiger partial charge in [0.2, 0.25) is 0 Å². The Morgan fingerprint density at radius 1 is 1.60 bits per heavy atom. The first-order valence-electron chi connectivity index (χ1n) is 4.04. The molecule has 0 aliphatic rings. The molecule has 0 fully saturated rings. The summed E-state index contributed by atoms with van der Waals surface area (Å²) in [4.78, 5) is 21.3. The minimum Gasteiger partial charge on any atom is -0.479 e. The van der Waals surface area contributed by atoms with Crippen LogP contribution >= 0.6 is 0 Å². The topological polar surface area (TPSA) is 127 Å². The number of nitrogens with one attached hydrogen (secondary N) is 3. The Hall–Kier alpha value is -2.09. The fraction of sp³-hybridized carbons (Fsp3) is 0.286. The Morgan fingerprint density at radius 3 is 2.87 bits per heavy atom. The molecule has 1 aromatic heterocycles. The quantitative estimate of drug-likeness (QED) is 0.438. The summed E-state index contributed by atoms with van der Waals surface area (Å²) in [7, 11) is 0. The molecule has 0 aliphatic carbocycles. The van der Waals surface area contributed by atoms with Crippen molar-refractivity contribution in [3.05, 3.63) is 12.4 Å². The fourth-order valence-corrected chi connectivity index (χ4v) is 0.771. The summed E-state index contributed by atoms with van der Waals surface area (Å²) < 4.78 is 0. The molecule has 0 saturated carbocycles. The van der Waals surface area contributed by atoms with E-state index in [0.29, 0.717) is 5.69 Å². The van der Waals surface area contributed by atoms with Crippen LogP contribution in [0.5, 0.6) is 0 Å². The highest BCUT2D eigenvalue weighted by Crippen LogP contribution is 1.99. The smallest absolute Gasteiger partial charge is 0.334 e. The van der Waals surface area contributed by atoms with Crippen LogP contribution in [0.25, 0.3) is 0 Å². The average molecular weight is 214 g/mol. The van der Waals surface area contributed by atoms with Crippen LogP contribution in [-0.4, -0.2) is 45.1 Å². The Bertz CT molecular complexity index is 337. The lowest BCUT2D eigenvalue weighted by atomic mass is 10.4. The molecule has 1 rings (SSSR count). The van der Waals surface area contributed by atoms with Crippen molar-refractivity contribution in [3.8, 4) is 0 Å². The van der Waals surface area contributed by atoms with E-state index < -0.39 is 18.1 Å². The summed E-state index contributed by atoms with van der Waals surface area (Å²) in [5, 5.41) is 27.8. The van der Waals surface area contributed by atoms with Gasteiger partial charge in [0, 0.05) is 6.20 Å². The van der Waals surface area contributed by atoms with Gasteiger partial charge in [-0.3, -0.25) is 5.10 Å². The van der Waals surface area contributed by atoms with Crippen LogP contribution < -0.4 is 10.6 Å². The number of aromatic amines is 1. The number of carbonyl (C=O) groups excluding carboxylic acids is 1. The number of carboxylic acids is 1. The molecule has 5 N–H and O–H groups in total. The highest BCUT2D eigenvalue weighted by atomic mass is 16.4. The average Bonchev–Trinajstić information content (AvgIpc) is 2.66. The minimum atomic E-state index is -1.61. The van der Waals surface area contributed by atoms with Gasteiger partial charge >= 0.3 is 12.0 Å². The number of amides is 2. The van der Waals surface area contributed by atoms with Crippen molar-refractivity contribution < 1.29 is 19.8 Å². The standard InChI is InChI=1S/C7H10N4O4/c12-5(6(13)14)3-8-7(15)11-4-1-9-10-2-4/h1-2,5,12H,3H2,(H,9,10)(H,13,14)(H2,8,11,15). The third-order valence-corrected chi connectivity index (χ3v) is 1.50. The molecule has 0 bridgehead atoms. The Kier molecular flexibility index (Phi) is 3.63. The summed E-state index contributed by atoms with van der Waals surface area (Å²) in [5.41, 5.74) is 0.442. The molecule has 1 atom stereocenters. The van der Waals surface area contributed by atoms with Crippen LogP contribution in [0.3, 0.4) is 0 Å². The zero-order chi connectivity index (χ0) is 11.3. The summed E-state index contributed by atoms with van der Waals surface area (Å²) >= 11 is 0. The minimum absolute atomic E-state index is 0.362. The third-order valence-electron chi connectivity index (χ3n) is 1.50. The summed E-state index contributed by atoms with van der Waals surface area (Å²) in [5.74, 6) is -1.39. The number of aliphatic hydroxyl groups is 1. The van der Waals surface area contributed by atoms with Gasteiger partial charge in [0.15, 0.2) is 6.10 Å². The van der Waals surface area contributed by atoms with E-state index in [2.05, 4.69) is 20.8 Å². The second-order valence-electron chi connectivity index (χ2n) is 2.68. The number of aliphatic carboxylic acids is 1. The molecule has 8 nitrogen and oxygen atoms in total. The van der Waals surface area contributed by atoms with Crippen molar-refractivity contribution >= 4 is 17.7 Å². The summed E-state index contributed by atoms with van der Waals surface area (Å²) in [6, 6.07) is -0.614. The number of carboxylic acid groups (broad SMARTS) is 1. The Labute approximate surface area is 84.3 Å². The number of hydrogen-bond acceptors (Lipinski definition) is 4. The van der Waals surface area contributed by atoms with Crippen LogP contribution in [0, 0.1) is 0 Å². The SMILES string of the molecule is O=C(NCC(O)C(=O)O)Nc1cn[nH]c1. The van der Waals surface area contributed by atoms with E-state index in [-0.39, 0.29) is 6.54 Å². The third kappa shape index (κ3) is 3.65. The van der Waals surface area contributed by atoms with E-state index in [9.17, 15) is 9.59 Å². The summed E-state index contributed by atoms with van der Waals surface area (Å²) in [6.07, 6.45) is 1.22. The van der Waals surface area contributed by atoms with E-state index in [0.717, 1.165) is 0 Å². The molecule has 0 aromatic carbocycles. The predicted molar refractivity (Wildman–Crippen MR) is 49.3 cm³/mol. The van der Waals surface area contributed by atoms with Gasteiger partial charge in [-0.2, -0.15) is 5.10 Å². The molecular formula is C7H10N4O4. The van der Waals surface area contributed by atoms with Crippen molar-refractivity contribution in [1.29, 1.82) is 0 Å². The zero-order valence-electron chi connectivity index (χ0n) is 7.60. The molecule has 8 heteroatoms. The normalized spacial score (nSPS) is 11.8. The number of rotatable bonds is 4. The van der Waals surface area contributed by atoms with Gasteiger partial charge in [-0.05, 0) is 0 Å². The first-order valence-corrected chi connectivity index (χ1v) is 4.04. The van der Waals surface area contributed by atoms with E-state index in [1.165, 1.54) is 12.4 Å². The largest absolute Gasteiger partial charge is 0.479 e. The highest BCUT2D eigenvalue weighted by Gasteiger charge is 2.13. The maximum Gasteiger partial charge on any atom is 0.334 e. The Morgan fingerprint density at radius 2 is 2.33 bits per heavy atom. The van der Waals surface area contributed by atoms with Gasteiger partial charge < -0.3 is 20.8 Å². The summed E-state index contributed by atoms with van der Waals surface area (Å²) in [6.45, 7) is -0.362. The van der Waals surface area contributed by atoms with Crippen LogP contribution in [-0.2, 0) is 4.79 Å². The number of nitrogens with zero attached hydrogens (tertiary/aromatic N) is 1. The second-order valence-corrected chi connectivity index (χ2v) is 2.68. The molecule has 2 amide bonds.